The van der Waals surface area contributed by atoms with Gasteiger partial charge in [0.15, 0.2) is 0 Å². The summed E-state index contributed by atoms with van der Waals surface area (Å²) in [5.74, 6) is 0.476. The highest BCUT2D eigenvalue weighted by Crippen LogP contribution is 2.35. The highest BCUT2D eigenvalue weighted by molar-refractivity contribution is 5.84. The Morgan fingerprint density at radius 1 is 1.37 bits per heavy atom. The summed E-state index contributed by atoms with van der Waals surface area (Å²) in [5, 5.41) is 3.27. The Balaban J connectivity index is 1.88. The molecule has 1 saturated carbocycles. The molecule has 0 aromatic heterocycles. The topological polar surface area (TPSA) is 32.3 Å². The SMILES string of the molecule is CCC1NC(c2ccccc2F)N(CC2CC2)C1=O. The molecule has 1 saturated heterocycles. The highest BCUT2D eigenvalue weighted by Gasteiger charge is 2.41. The number of nitrogens with zero attached hydrogens (tertiary/aromatic N) is 1. The third-order valence-electron chi connectivity index (χ3n) is 4.01. The van der Waals surface area contributed by atoms with E-state index < -0.39 is 0 Å². The van der Waals surface area contributed by atoms with Crippen LogP contribution in [0.15, 0.2) is 24.3 Å². The van der Waals surface area contributed by atoms with Crippen molar-refractivity contribution < 1.29 is 9.18 Å². The minimum absolute atomic E-state index is 0.114. The summed E-state index contributed by atoms with van der Waals surface area (Å²) in [7, 11) is 0. The Morgan fingerprint density at radius 2 is 2.11 bits per heavy atom. The molecule has 2 atom stereocenters. The number of benzene rings is 1. The fourth-order valence-corrected chi connectivity index (χ4v) is 2.70. The van der Waals surface area contributed by atoms with Crippen LogP contribution < -0.4 is 5.32 Å². The largest absolute Gasteiger partial charge is 0.321 e. The summed E-state index contributed by atoms with van der Waals surface area (Å²) in [4.78, 5) is 14.2. The molecule has 1 aromatic rings. The molecule has 1 aliphatic carbocycles. The second-order valence-electron chi connectivity index (χ2n) is 5.49. The van der Waals surface area contributed by atoms with Gasteiger partial charge < -0.3 is 4.90 Å². The number of hydrogen-bond acceptors (Lipinski definition) is 2. The van der Waals surface area contributed by atoms with E-state index in [0.717, 1.165) is 13.0 Å². The van der Waals surface area contributed by atoms with E-state index in [9.17, 15) is 9.18 Å². The van der Waals surface area contributed by atoms with Gasteiger partial charge in [-0.05, 0) is 31.2 Å². The van der Waals surface area contributed by atoms with Crippen molar-refractivity contribution in [1.82, 2.24) is 10.2 Å². The number of rotatable bonds is 4. The number of halogens is 1. The molecule has 0 bridgehead atoms. The van der Waals surface area contributed by atoms with E-state index in [1.807, 2.05) is 17.9 Å². The first kappa shape index (κ1) is 12.6. The summed E-state index contributed by atoms with van der Waals surface area (Å²) in [6, 6.07) is 6.54. The van der Waals surface area contributed by atoms with Crippen molar-refractivity contribution in [2.75, 3.05) is 6.54 Å². The first-order chi connectivity index (χ1) is 9.20. The molecule has 4 heteroatoms. The zero-order chi connectivity index (χ0) is 13.4. The van der Waals surface area contributed by atoms with Crippen molar-refractivity contribution in [3.63, 3.8) is 0 Å². The van der Waals surface area contributed by atoms with Crippen molar-refractivity contribution in [3.05, 3.63) is 35.6 Å². The van der Waals surface area contributed by atoms with Gasteiger partial charge in [-0.2, -0.15) is 0 Å². The normalized spacial score (nSPS) is 27.1. The second kappa shape index (κ2) is 4.93. The van der Waals surface area contributed by atoms with Crippen LogP contribution in [-0.4, -0.2) is 23.4 Å². The quantitative estimate of drug-likeness (QED) is 0.904. The van der Waals surface area contributed by atoms with Gasteiger partial charge in [-0.3, -0.25) is 10.1 Å². The molecule has 1 N–H and O–H groups in total. The van der Waals surface area contributed by atoms with Gasteiger partial charge in [0.25, 0.3) is 0 Å². The van der Waals surface area contributed by atoms with Gasteiger partial charge in [-0.1, -0.05) is 25.1 Å². The maximum atomic E-state index is 13.9. The van der Waals surface area contributed by atoms with Crippen LogP contribution in [-0.2, 0) is 4.79 Å². The van der Waals surface area contributed by atoms with Gasteiger partial charge in [0, 0.05) is 12.1 Å². The van der Waals surface area contributed by atoms with Crippen LogP contribution in [0, 0.1) is 11.7 Å². The smallest absolute Gasteiger partial charge is 0.241 e. The average Bonchev–Trinajstić information content (AvgIpc) is 3.17. The first-order valence-electron chi connectivity index (χ1n) is 7.01. The molecule has 102 valence electrons. The molecule has 2 aliphatic rings. The molecule has 1 aromatic carbocycles. The Kier molecular flexibility index (Phi) is 3.27. The van der Waals surface area contributed by atoms with Gasteiger partial charge >= 0.3 is 0 Å². The molecular formula is C15H19FN2O. The van der Waals surface area contributed by atoms with E-state index in [4.69, 9.17) is 0 Å². The van der Waals surface area contributed by atoms with Crippen LogP contribution in [0.2, 0.25) is 0 Å². The molecule has 1 heterocycles. The zero-order valence-corrected chi connectivity index (χ0v) is 11.1. The molecule has 3 rings (SSSR count). The van der Waals surface area contributed by atoms with E-state index in [2.05, 4.69) is 5.32 Å². The standard InChI is InChI=1S/C15H19FN2O/c1-2-13-15(19)18(9-10-7-8-10)14(17-13)11-5-3-4-6-12(11)16/h3-6,10,13-14,17H,2,7-9H2,1H3. The maximum absolute atomic E-state index is 13.9. The van der Waals surface area contributed by atoms with Crippen LogP contribution in [0.4, 0.5) is 4.39 Å². The van der Waals surface area contributed by atoms with E-state index in [1.165, 1.54) is 18.9 Å². The molecular weight excluding hydrogens is 243 g/mol. The van der Waals surface area contributed by atoms with E-state index in [-0.39, 0.29) is 23.9 Å². The lowest BCUT2D eigenvalue weighted by Crippen LogP contribution is -2.33. The van der Waals surface area contributed by atoms with E-state index in [1.54, 1.807) is 12.1 Å². The Bertz CT molecular complexity index is 487. The monoisotopic (exact) mass is 262 g/mol. The summed E-state index contributed by atoms with van der Waals surface area (Å²) >= 11 is 0. The predicted octanol–water partition coefficient (Wildman–Crippen LogP) is 2.44. The zero-order valence-electron chi connectivity index (χ0n) is 11.1. The van der Waals surface area contributed by atoms with E-state index in [0.29, 0.717) is 11.5 Å². The molecule has 2 fully saturated rings. The van der Waals surface area contributed by atoms with Gasteiger partial charge in [-0.25, -0.2) is 4.39 Å². The van der Waals surface area contributed by atoms with Crippen molar-refractivity contribution >= 4 is 5.91 Å². The Labute approximate surface area is 112 Å². The lowest BCUT2D eigenvalue weighted by Gasteiger charge is -2.24. The maximum Gasteiger partial charge on any atom is 0.241 e. The summed E-state index contributed by atoms with van der Waals surface area (Å²) in [6.07, 6.45) is 2.80. The number of carbonyl (C=O) groups excluding carboxylic acids is 1. The van der Waals surface area contributed by atoms with Crippen molar-refractivity contribution in [3.8, 4) is 0 Å². The van der Waals surface area contributed by atoms with Gasteiger partial charge in [-0.15, -0.1) is 0 Å². The predicted molar refractivity (Wildman–Crippen MR) is 70.8 cm³/mol. The highest BCUT2D eigenvalue weighted by atomic mass is 19.1. The summed E-state index contributed by atoms with van der Waals surface area (Å²) < 4.78 is 13.9. The van der Waals surface area contributed by atoms with Crippen LogP contribution in [0.5, 0.6) is 0 Å². The third-order valence-corrected chi connectivity index (χ3v) is 4.01. The minimum atomic E-state index is -0.306. The first-order valence-corrected chi connectivity index (χ1v) is 7.01. The van der Waals surface area contributed by atoms with Gasteiger partial charge in [0.05, 0.1) is 6.04 Å². The van der Waals surface area contributed by atoms with Crippen molar-refractivity contribution in [2.45, 2.75) is 38.4 Å². The average molecular weight is 262 g/mol. The summed E-state index contributed by atoms with van der Waals surface area (Å²) in [6.45, 7) is 2.73. The lowest BCUT2D eigenvalue weighted by molar-refractivity contribution is -0.130. The molecule has 0 radical (unpaired) electrons. The van der Waals surface area contributed by atoms with E-state index >= 15 is 0 Å². The molecule has 19 heavy (non-hydrogen) atoms. The van der Waals surface area contributed by atoms with Crippen LogP contribution in [0.3, 0.4) is 0 Å². The Morgan fingerprint density at radius 3 is 2.74 bits per heavy atom. The lowest BCUT2D eigenvalue weighted by atomic mass is 10.1. The number of amides is 1. The van der Waals surface area contributed by atoms with Gasteiger partial charge in [0.2, 0.25) is 5.91 Å². The minimum Gasteiger partial charge on any atom is -0.321 e. The van der Waals surface area contributed by atoms with Gasteiger partial charge in [0.1, 0.15) is 12.0 Å². The molecule has 1 amide bonds. The number of nitrogens with one attached hydrogen (secondary N) is 1. The molecule has 3 nitrogen and oxygen atoms in total. The number of carbonyl (C=O) groups is 1. The fourth-order valence-electron chi connectivity index (χ4n) is 2.70. The van der Waals surface area contributed by atoms with Crippen LogP contribution >= 0.6 is 0 Å². The number of hydrogen-bond donors (Lipinski definition) is 1. The fraction of sp³-hybridized carbons (Fsp3) is 0.533. The van der Waals surface area contributed by atoms with Crippen LogP contribution in [0.25, 0.3) is 0 Å². The summed E-state index contributed by atoms with van der Waals surface area (Å²) in [5.41, 5.74) is 0.576. The van der Waals surface area contributed by atoms with Crippen molar-refractivity contribution in [2.24, 2.45) is 5.92 Å². The third kappa shape index (κ3) is 2.37. The Hall–Kier alpha value is -1.42. The molecule has 0 spiro atoms. The van der Waals surface area contributed by atoms with Crippen molar-refractivity contribution in [1.29, 1.82) is 0 Å². The molecule has 2 unspecified atom stereocenters. The second-order valence-corrected chi connectivity index (χ2v) is 5.49. The van der Waals surface area contributed by atoms with Crippen LogP contribution in [0.1, 0.15) is 37.9 Å². The molecule has 1 aliphatic heterocycles.